The van der Waals surface area contributed by atoms with E-state index in [0.717, 1.165) is 24.2 Å². The first-order valence-electron chi connectivity index (χ1n) is 8.83. The first-order valence-corrected chi connectivity index (χ1v) is 8.83. The number of nitrogens with one attached hydrogen (secondary N) is 1. The van der Waals surface area contributed by atoms with Gasteiger partial charge in [0.05, 0.1) is 0 Å². The van der Waals surface area contributed by atoms with Gasteiger partial charge in [-0.15, -0.1) is 0 Å². The number of aromatic nitrogens is 1. The van der Waals surface area contributed by atoms with Crippen LogP contribution in [0, 0.1) is 0 Å². The highest BCUT2D eigenvalue weighted by atomic mass is 15.0. The molecule has 0 fully saturated rings. The molecular weight excluding hydrogens is 304 g/mol. The maximum absolute atomic E-state index is 3.58. The standard InChI is InChI=1S/C23H20N2/c1-25-22-9-5-4-8-20(22)21-15-19(12-13-23(21)25)24-18-11-10-16-6-2-3-7-17(16)14-18/h2-3,5-7,9-15,24H,4,8H2,1H3. The molecule has 0 aliphatic heterocycles. The molecule has 0 radical (unpaired) electrons. The van der Waals surface area contributed by atoms with Crippen molar-refractivity contribution in [1.29, 1.82) is 0 Å². The molecule has 0 spiro atoms. The molecule has 1 aromatic heterocycles. The third-order valence-corrected chi connectivity index (χ3v) is 5.23. The van der Waals surface area contributed by atoms with E-state index in [1.807, 2.05) is 0 Å². The molecule has 4 aromatic rings. The predicted octanol–water partition coefficient (Wildman–Crippen LogP) is 6.03. The summed E-state index contributed by atoms with van der Waals surface area (Å²) < 4.78 is 2.31. The molecule has 0 unspecified atom stereocenters. The lowest BCUT2D eigenvalue weighted by atomic mass is 10.0. The number of fused-ring (bicyclic) bond motifs is 4. The topological polar surface area (TPSA) is 17.0 Å². The zero-order valence-electron chi connectivity index (χ0n) is 14.3. The highest BCUT2D eigenvalue weighted by Crippen LogP contribution is 2.33. The van der Waals surface area contributed by atoms with Crippen molar-refractivity contribution in [2.24, 2.45) is 7.05 Å². The van der Waals surface area contributed by atoms with Gasteiger partial charge in [0.2, 0.25) is 0 Å². The van der Waals surface area contributed by atoms with Crippen molar-refractivity contribution in [3.05, 3.63) is 78.0 Å². The van der Waals surface area contributed by atoms with Gasteiger partial charge in [-0.3, -0.25) is 0 Å². The van der Waals surface area contributed by atoms with Crippen LogP contribution in [-0.4, -0.2) is 4.57 Å². The Bertz CT molecular complexity index is 1130. The highest BCUT2D eigenvalue weighted by molar-refractivity contribution is 5.92. The second kappa shape index (κ2) is 5.52. The fourth-order valence-corrected chi connectivity index (χ4v) is 3.95. The fraction of sp³-hybridized carbons (Fsp3) is 0.130. The molecule has 3 aromatic carbocycles. The molecule has 122 valence electrons. The van der Waals surface area contributed by atoms with E-state index in [0.29, 0.717) is 0 Å². The average Bonchev–Trinajstić information content (AvgIpc) is 2.94. The van der Waals surface area contributed by atoms with Crippen LogP contribution in [0.4, 0.5) is 11.4 Å². The Hall–Kier alpha value is -3.00. The number of rotatable bonds is 2. The summed E-state index contributed by atoms with van der Waals surface area (Å²) in [5.74, 6) is 0. The summed E-state index contributed by atoms with van der Waals surface area (Å²) >= 11 is 0. The molecule has 0 atom stereocenters. The van der Waals surface area contributed by atoms with Crippen molar-refractivity contribution in [2.45, 2.75) is 12.8 Å². The average molecular weight is 324 g/mol. The molecule has 1 aliphatic carbocycles. The minimum atomic E-state index is 1.13. The number of nitrogens with zero attached hydrogens (tertiary/aromatic N) is 1. The van der Waals surface area contributed by atoms with Gasteiger partial charge < -0.3 is 9.88 Å². The first kappa shape index (κ1) is 14.4. The van der Waals surface area contributed by atoms with Gasteiger partial charge in [-0.05, 0) is 65.6 Å². The van der Waals surface area contributed by atoms with E-state index in [1.54, 1.807) is 0 Å². The van der Waals surface area contributed by atoms with Crippen LogP contribution in [0.3, 0.4) is 0 Å². The van der Waals surface area contributed by atoms with Crippen molar-refractivity contribution in [3.8, 4) is 0 Å². The summed E-state index contributed by atoms with van der Waals surface area (Å²) in [6.07, 6.45) is 6.79. The highest BCUT2D eigenvalue weighted by Gasteiger charge is 2.15. The van der Waals surface area contributed by atoms with Crippen LogP contribution in [0.25, 0.3) is 27.8 Å². The zero-order chi connectivity index (χ0) is 16.8. The van der Waals surface area contributed by atoms with Crippen molar-refractivity contribution in [3.63, 3.8) is 0 Å². The Labute approximate surface area is 147 Å². The summed E-state index contributed by atoms with van der Waals surface area (Å²) in [5, 5.41) is 7.48. The molecule has 0 saturated heterocycles. The first-order chi connectivity index (χ1) is 12.3. The van der Waals surface area contributed by atoms with Crippen LogP contribution >= 0.6 is 0 Å². The van der Waals surface area contributed by atoms with E-state index in [2.05, 4.69) is 89.7 Å². The summed E-state index contributed by atoms with van der Waals surface area (Å²) in [6, 6.07) is 21.7. The lowest BCUT2D eigenvalue weighted by Crippen LogP contribution is -1.96. The van der Waals surface area contributed by atoms with E-state index < -0.39 is 0 Å². The van der Waals surface area contributed by atoms with Crippen LogP contribution in [0.2, 0.25) is 0 Å². The second-order valence-electron chi connectivity index (χ2n) is 6.78. The maximum atomic E-state index is 3.58. The fourth-order valence-electron chi connectivity index (χ4n) is 3.95. The molecule has 0 saturated carbocycles. The van der Waals surface area contributed by atoms with Gasteiger partial charge in [0.15, 0.2) is 0 Å². The Morgan fingerprint density at radius 1 is 0.880 bits per heavy atom. The Morgan fingerprint density at radius 2 is 1.68 bits per heavy atom. The second-order valence-corrected chi connectivity index (χ2v) is 6.78. The molecule has 1 aliphatic rings. The third-order valence-electron chi connectivity index (χ3n) is 5.23. The van der Waals surface area contributed by atoms with Crippen molar-refractivity contribution in [1.82, 2.24) is 4.57 Å². The normalized spacial score (nSPS) is 13.3. The largest absolute Gasteiger partial charge is 0.355 e. The Morgan fingerprint density at radius 3 is 2.60 bits per heavy atom. The Kier molecular flexibility index (Phi) is 3.17. The van der Waals surface area contributed by atoms with Crippen LogP contribution in [0.5, 0.6) is 0 Å². The van der Waals surface area contributed by atoms with Gasteiger partial charge in [-0.2, -0.15) is 0 Å². The van der Waals surface area contributed by atoms with Gasteiger partial charge >= 0.3 is 0 Å². The lowest BCUT2D eigenvalue weighted by Gasteiger charge is -2.09. The van der Waals surface area contributed by atoms with Crippen molar-refractivity contribution in [2.75, 3.05) is 5.32 Å². The molecule has 1 N–H and O–H groups in total. The van der Waals surface area contributed by atoms with Gasteiger partial charge in [-0.25, -0.2) is 0 Å². The number of benzene rings is 3. The molecule has 5 rings (SSSR count). The summed E-state index contributed by atoms with van der Waals surface area (Å²) in [6.45, 7) is 0. The molecule has 2 nitrogen and oxygen atoms in total. The quantitative estimate of drug-likeness (QED) is 0.476. The smallest absolute Gasteiger partial charge is 0.0486 e. The number of aryl methyl sites for hydroxylation is 2. The van der Waals surface area contributed by atoms with Gasteiger partial charge in [-0.1, -0.05) is 36.4 Å². The molecule has 1 heterocycles. The maximum Gasteiger partial charge on any atom is 0.0486 e. The minimum absolute atomic E-state index is 1.13. The predicted molar refractivity (Wildman–Crippen MR) is 108 cm³/mol. The molecular formula is C23H20N2. The monoisotopic (exact) mass is 324 g/mol. The van der Waals surface area contributed by atoms with E-state index in [1.165, 1.54) is 32.9 Å². The number of hydrogen-bond acceptors (Lipinski definition) is 1. The molecule has 0 bridgehead atoms. The number of hydrogen-bond donors (Lipinski definition) is 1. The van der Waals surface area contributed by atoms with Gasteiger partial charge in [0.25, 0.3) is 0 Å². The lowest BCUT2D eigenvalue weighted by molar-refractivity contribution is 0.908. The van der Waals surface area contributed by atoms with E-state index in [9.17, 15) is 0 Å². The van der Waals surface area contributed by atoms with E-state index in [4.69, 9.17) is 0 Å². The molecule has 25 heavy (non-hydrogen) atoms. The summed E-state index contributed by atoms with van der Waals surface area (Å²) in [4.78, 5) is 0. The van der Waals surface area contributed by atoms with Crippen molar-refractivity contribution < 1.29 is 0 Å². The number of anilines is 2. The third kappa shape index (κ3) is 2.33. The Balaban J connectivity index is 1.57. The van der Waals surface area contributed by atoms with Crippen molar-refractivity contribution >= 4 is 39.1 Å². The van der Waals surface area contributed by atoms with E-state index >= 15 is 0 Å². The zero-order valence-corrected chi connectivity index (χ0v) is 14.3. The van der Waals surface area contributed by atoms with Crippen LogP contribution in [0.1, 0.15) is 17.7 Å². The molecule has 2 heteroatoms. The minimum Gasteiger partial charge on any atom is -0.355 e. The summed E-state index contributed by atoms with van der Waals surface area (Å²) in [5.41, 5.74) is 6.40. The van der Waals surface area contributed by atoms with E-state index in [-0.39, 0.29) is 0 Å². The van der Waals surface area contributed by atoms with Crippen LogP contribution in [0.15, 0.2) is 66.7 Å². The van der Waals surface area contributed by atoms with Gasteiger partial charge in [0, 0.05) is 35.0 Å². The van der Waals surface area contributed by atoms with Crippen LogP contribution < -0.4 is 5.32 Å². The SMILES string of the molecule is Cn1c2c(c3cc(Nc4ccc5ccccc5c4)ccc31)CCC=C2. The van der Waals surface area contributed by atoms with Gasteiger partial charge in [0.1, 0.15) is 0 Å². The summed E-state index contributed by atoms with van der Waals surface area (Å²) in [7, 11) is 2.16. The van der Waals surface area contributed by atoms with Crippen LogP contribution in [-0.2, 0) is 13.5 Å². The number of allylic oxidation sites excluding steroid dienone is 1. The molecule has 0 amide bonds.